The van der Waals surface area contributed by atoms with Gasteiger partial charge in [-0.3, -0.25) is 15.0 Å². The van der Waals surface area contributed by atoms with Crippen molar-refractivity contribution in [1.29, 1.82) is 0 Å². The summed E-state index contributed by atoms with van der Waals surface area (Å²) in [6, 6.07) is 11.1. The minimum atomic E-state index is -3.86. The van der Waals surface area contributed by atoms with Crippen molar-refractivity contribution in [2.75, 3.05) is 38.3 Å². The third kappa shape index (κ3) is 4.85. The highest BCUT2D eigenvalue weighted by Gasteiger charge is 2.34. The average molecular weight is 525 g/mol. The van der Waals surface area contributed by atoms with E-state index in [9.17, 15) is 18.0 Å². The first-order valence-corrected chi connectivity index (χ1v) is 12.6. The fraction of sp³-hybridized carbons (Fsp3) is 0.273. The van der Waals surface area contributed by atoms with Crippen molar-refractivity contribution in [3.05, 3.63) is 64.3 Å². The van der Waals surface area contributed by atoms with E-state index in [4.69, 9.17) is 27.9 Å². The molecule has 2 aliphatic heterocycles. The van der Waals surface area contributed by atoms with Crippen LogP contribution in [0.2, 0.25) is 10.0 Å². The van der Waals surface area contributed by atoms with Gasteiger partial charge in [0.25, 0.3) is 5.91 Å². The topological polar surface area (TPSA) is 99.3 Å². The summed E-state index contributed by atoms with van der Waals surface area (Å²) in [7, 11) is -2.47. The lowest BCUT2D eigenvalue weighted by Gasteiger charge is -2.36. The van der Waals surface area contributed by atoms with Crippen molar-refractivity contribution < 1.29 is 22.7 Å². The Morgan fingerprint density at radius 3 is 2.29 bits per heavy atom. The molecule has 0 atom stereocenters. The van der Waals surface area contributed by atoms with Gasteiger partial charge in [-0.25, -0.2) is 13.4 Å². The first kappa shape index (κ1) is 24.3. The average Bonchev–Trinajstić information content (AvgIpc) is 2.84. The highest BCUT2D eigenvalue weighted by atomic mass is 35.5. The van der Waals surface area contributed by atoms with Crippen molar-refractivity contribution in [3.63, 3.8) is 0 Å². The molecule has 2 amide bonds. The molecule has 2 aliphatic rings. The van der Waals surface area contributed by atoms with E-state index >= 15 is 0 Å². The monoisotopic (exact) mass is 524 g/mol. The maximum Gasteiger partial charge on any atom is 0.271 e. The Labute approximate surface area is 207 Å². The van der Waals surface area contributed by atoms with Crippen LogP contribution in [0.1, 0.15) is 6.42 Å². The molecule has 0 aromatic heterocycles. The normalized spacial score (nSPS) is 17.3. The van der Waals surface area contributed by atoms with Crippen LogP contribution in [0.15, 0.2) is 59.1 Å². The van der Waals surface area contributed by atoms with E-state index in [1.54, 1.807) is 35.2 Å². The van der Waals surface area contributed by atoms with Gasteiger partial charge < -0.3 is 9.64 Å². The van der Waals surface area contributed by atoms with Gasteiger partial charge in [-0.2, -0.15) is 4.31 Å². The molecule has 1 N–H and O–H groups in total. The van der Waals surface area contributed by atoms with Gasteiger partial charge in [0.05, 0.1) is 12.8 Å². The fourth-order valence-electron chi connectivity index (χ4n) is 3.74. The Morgan fingerprint density at radius 2 is 1.65 bits per heavy atom. The predicted molar refractivity (Wildman–Crippen MR) is 128 cm³/mol. The van der Waals surface area contributed by atoms with Crippen molar-refractivity contribution in [2.24, 2.45) is 0 Å². The minimum absolute atomic E-state index is 0.0175. The first-order valence-electron chi connectivity index (χ1n) is 10.4. The predicted octanol–water partition coefficient (Wildman–Crippen LogP) is 2.66. The van der Waals surface area contributed by atoms with E-state index in [2.05, 4.69) is 5.43 Å². The molecule has 0 radical (unpaired) electrons. The van der Waals surface area contributed by atoms with Crippen LogP contribution in [0.4, 0.5) is 5.69 Å². The standard InChI is InChI=1S/C22H22Cl2N4O5S/c1-33-19-8-4-16(24)14-20(19)34(31,32)27-12-10-26(11-13-27)22(30)18-7-9-21(29)28(25-18)17-5-2-15(23)3-6-17/h2-8,14,25H,9-13H2,1H3. The van der Waals surface area contributed by atoms with Gasteiger partial charge in [-0.15, -0.1) is 0 Å². The van der Waals surface area contributed by atoms with E-state index in [1.807, 2.05) is 0 Å². The molecular formula is C22H22Cl2N4O5S. The van der Waals surface area contributed by atoms with Gasteiger partial charge in [0, 0.05) is 42.6 Å². The number of carbonyl (C=O) groups is 2. The molecule has 1 saturated heterocycles. The second-order valence-corrected chi connectivity index (χ2v) is 10.4. The molecule has 2 aromatic rings. The summed E-state index contributed by atoms with van der Waals surface area (Å²) in [5.41, 5.74) is 3.68. The number of hydrazine groups is 1. The number of anilines is 1. The quantitative estimate of drug-likeness (QED) is 0.645. The molecule has 180 valence electrons. The maximum absolute atomic E-state index is 13.2. The third-order valence-electron chi connectivity index (χ3n) is 5.55. The number of piperazine rings is 1. The zero-order valence-electron chi connectivity index (χ0n) is 18.2. The lowest BCUT2D eigenvalue weighted by Crippen LogP contribution is -2.54. The number of halogens is 2. The second-order valence-electron chi connectivity index (χ2n) is 7.63. The summed E-state index contributed by atoms with van der Waals surface area (Å²) in [4.78, 5) is 27.0. The molecule has 34 heavy (non-hydrogen) atoms. The van der Waals surface area contributed by atoms with Gasteiger partial charge in [-0.05, 0) is 48.5 Å². The zero-order chi connectivity index (χ0) is 24.5. The minimum Gasteiger partial charge on any atom is -0.495 e. The molecule has 2 heterocycles. The maximum atomic E-state index is 13.2. The zero-order valence-corrected chi connectivity index (χ0v) is 20.5. The number of sulfonamides is 1. The number of benzene rings is 2. The van der Waals surface area contributed by atoms with Crippen LogP contribution in [0.5, 0.6) is 5.75 Å². The van der Waals surface area contributed by atoms with Crippen LogP contribution in [0.25, 0.3) is 0 Å². The number of carbonyl (C=O) groups excluding carboxylic acids is 2. The Kier molecular flexibility index (Phi) is 7.04. The number of amides is 2. The van der Waals surface area contributed by atoms with Crippen LogP contribution in [0, 0.1) is 0 Å². The van der Waals surface area contributed by atoms with E-state index < -0.39 is 10.0 Å². The number of nitrogens with zero attached hydrogens (tertiary/aromatic N) is 3. The Hall–Kier alpha value is -2.79. The number of rotatable bonds is 5. The molecule has 0 saturated carbocycles. The van der Waals surface area contributed by atoms with E-state index in [-0.39, 0.29) is 65.8 Å². The Bertz CT molecular complexity index is 1240. The lowest BCUT2D eigenvalue weighted by atomic mass is 10.2. The molecule has 2 aromatic carbocycles. The lowest BCUT2D eigenvalue weighted by molar-refractivity contribution is -0.129. The highest BCUT2D eigenvalue weighted by Crippen LogP contribution is 2.30. The van der Waals surface area contributed by atoms with Gasteiger partial charge >= 0.3 is 0 Å². The number of hydrogen-bond donors (Lipinski definition) is 1. The summed E-state index contributed by atoms with van der Waals surface area (Å²) in [6.45, 7) is 0.595. The van der Waals surface area contributed by atoms with Gasteiger partial charge in [0.2, 0.25) is 15.9 Å². The molecular weight excluding hydrogens is 503 g/mol. The smallest absolute Gasteiger partial charge is 0.271 e. The van der Waals surface area contributed by atoms with Crippen LogP contribution in [-0.2, 0) is 19.6 Å². The molecule has 0 unspecified atom stereocenters. The van der Waals surface area contributed by atoms with Crippen LogP contribution < -0.4 is 15.2 Å². The van der Waals surface area contributed by atoms with Crippen LogP contribution in [0.3, 0.4) is 0 Å². The van der Waals surface area contributed by atoms with Crippen LogP contribution in [-0.4, -0.2) is 62.7 Å². The molecule has 0 aliphatic carbocycles. The second kappa shape index (κ2) is 9.83. The Morgan fingerprint density at radius 1 is 1.00 bits per heavy atom. The summed E-state index contributed by atoms with van der Waals surface area (Å²) in [6.07, 6.45) is 1.59. The van der Waals surface area contributed by atoms with E-state index in [1.165, 1.54) is 34.6 Å². The summed E-state index contributed by atoms with van der Waals surface area (Å²) >= 11 is 11.9. The fourth-order valence-corrected chi connectivity index (χ4v) is 5.70. The number of nitrogens with one attached hydrogen (secondary N) is 1. The number of ether oxygens (including phenoxy) is 1. The number of methoxy groups -OCH3 is 1. The third-order valence-corrected chi connectivity index (χ3v) is 7.95. The molecule has 0 spiro atoms. The van der Waals surface area contributed by atoms with Gasteiger partial charge in [-0.1, -0.05) is 23.2 Å². The summed E-state index contributed by atoms with van der Waals surface area (Å²) in [5.74, 6) is -0.333. The largest absolute Gasteiger partial charge is 0.495 e. The molecule has 4 rings (SSSR count). The van der Waals surface area contributed by atoms with Gasteiger partial charge in [0.1, 0.15) is 16.3 Å². The molecule has 9 nitrogen and oxygen atoms in total. The van der Waals surface area contributed by atoms with Crippen molar-refractivity contribution in [3.8, 4) is 5.75 Å². The summed E-state index contributed by atoms with van der Waals surface area (Å²) < 4.78 is 32.8. The van der Waals surface area contributed by atoms with Crippen LogP contribution >= 0.6 is 23.2 Å². The Balaban J connectivity index is 1.44. The van der Waals surface area contributed by atoms with Crippen molar-refractivity contribution >= 4 is 50.7 Å². The molecule has 1 fully saturated rings. The first-order chi connectivity index (χ1) is 16.2. The SMILES string of the molecule is COc1ccc(Cl)cc1S(=O)(=O)N1CCN(C(=O)C2=CCC(=O)N(c3ccc(Cl)cc3)N2)CC1. The number of hydrogen-bond acceptors (Lipinski definition) is 6. The van der Waals surface area contributed by atoms with Gasteiger partial charge in [0.15, 0.2) is 0 Å². The van der Waals surface area contributed by atoms with E-state index in [0.717, 1.165) is 0 Å². The van der Waals surface area contributed by atoms with Crippen molar-refractivity contribution in [1.82, 2.24) is 14.6 Å². The summed E-state index contributed by atoms with van der Waals surface area (Å²) in [5, 5.41) is 2.11. The molecule has 0 bridgehead atoms. The van der Waals surface area contributed by atoms with E-state index in [0.29, 0.717) is 10.7 Å². The van der Waals surface area contributed by atoms with Crippen molar-refractivity contribution in [2.45, 2.75) is 11.3 Å². The highest BCUT2D eigenvalue weighted by molar-refractivity contribution is 7.89. The molecule has 12 heteroatoms.